The minimum absolute atomic E-state index is 0.0641. The second kappa shape index (κ2) is 5.19. The van der Waals surface area contributed by atoms with Gasteiger partial charge in [0.2, 0.25) is 0 Å². The van der Waals surface area contributed by atoms with Crippen LogP contribution in [0.2, 0.25) is 0 Å². The van der Waals surface area contributed by atoms with Gasteiger partial charge in [0.15, 0.2) is 0 Å². The van der Waals surface area contributed by atoms with Crippen molar-refractivity contribution in [1.29, 1.82) is 5.41 Å². The lowest BCUT2D eigenvalue weighted by atomic mass is 10.1. The second-order valence-electron chi connectivity index (χ2n) is 2.92. The Morgan fingerprint density at radius 3 is 2.79 bits per heavy atom. The molecule has 1 aromatic carbocycles. The standard InChI is InChI=1S/C11H14N2O/c12-11(13)10-7-2-1-5-9(10)6-3-4-8-14/h1-3,5-7,14H,4,8H2,(H3,12,13). The molecule has 0 bridgehead atoms. The van der Waals surface area contributed by atoms with Gasteiger partial charge in [-0.25, -0.2) is 0 Å². The summed E-state index contributed by atoms with van der Waals surface area (Å²) in [7, 11) is 0. The largest absolute Gasteiger partial charge is 0.396 e. The van der Waals surface area contributed by atoms with E-state index in [0.29, 0.717) is 6.42 Å². The summed E-state index contributed by atoms with van der Waals surface area (Å²) in [5.74, 6) is 0.0641. The molecule has 0 radical (unpaired) electrons. The molecule has 0 aliphatic carbocycles. The maximum absolute atomic E-state index is 8.60. The fourth-order valence-electron chi connectivity index (χ4n) is 1.17. The first-order chi connectivity index (χ1) is 6.75. The molecular formula is C11H14N2O. The van der Waals surface area contributed by atoms with Crippen molar-refractivity contribution in [2.24, 2.45) is 5.73 Å². The van der Waals surface area contributed by atoms with E-state index in [1.807, 2.05) is 30.4 Å². The van der Waals surface area contributed by atoms with Crippen molar-refractivity contribution in [3.8, 4) is 0 Å². The molecule has 0 atom stereocenters. The third kappa shape index (κ3) is 2.71. The van der Waals surface area contributed by atoms with E-state index in [2.05, 4.69) is 0 Å². The van der Waals surface area contributed by atoms with E-state index < -0.39 is 0 Å². The molecule has 0 saturated carbocycles. The van der Waals surface area contributed by atoms with Crippen molar-refractivity contribution in [3.05, 3.63) is 41.5 Å². The van der Waals surface area contributed by atoms with Crippen LogP contribution >= 0.6 is 0 Å². The van der Waals surface area contributed by atoms with Crippen LogP contribution in [0.3, 0.4) is 0 Å². The summed E-state index contributed by atoms with van der Waals surface area (Å²) >= 11 is 0. The molecule has 0 unspecified atom stereocenters. The number of nitrogens with one attached hydrogen (secondary N) is 1. The van der Waals surface area contributed by atoms with E-state index in [-0.39, 0.29) is 12.4 Å². The molecule has 74 valence electrons. The normalized spacial score (nSPS) is 10.6. The van der Waals surface area contributed by atoms with Gasteiger partial charge >= 0.3 is 0 Å². The number of rotatable bonds is 4. The topological polar surface area (TPSA) is 70.1 Å². The Hall–Kier alpha value is -1.61. The zero-order valence-electron chi connectivity index (χ0n) is 7.90. The first kappa shape index (κ1) is 10.5. The van der Waals surface area contributed by atoms with Gasteiger partial charge in [0.25, 0.3) is 0 Å². The predicted octanol–water partition coefficient (Wildman–Crippen LogP) is 1.37. The summed E-state index contributed by atoms with van der Waals surface area (Å²) in [6.45, 7) is 0.138. The van der Waals surface area contributed by atoms with Crippen LogP contribution in [0.5, 0.6) is 0 Å². The van der Waals surface area contributed by atoms with E-state index in [9.17, 15) is 0 Å². The first-order valence-corrected chi connectivity index (χ1v) is 4.46. The summed E-state index contributed by atoms with van der Waals surface area (Å²) in [5.41, 5.74) is 7.05. The van der Waals surface area contributed by atoms with Crippen LogP contribution in [-0.4, -0.2) is 17.5 Å². The van der Waals surface area contributed by atoms with Gasteiger partial charge in [-0.1, -0.05) is 36.4 Å². The number of aliphatic hydroxyl groups excluding tert-OH is 1. The van der Waals surface area contributed by atoms with Gasteiger partial charge in [0.05, 0.1) is 0 Å². The predicted molar refractivity (Wildman–Crippen MR) is 58.2 cm³/mol. The maximum Gasteiger partial charge on any atom is 0.123 e. The number of nitrogen functional groups attached to an aromatic ring is 1. The van der Waals surface area contributed by atoms with Crippen molar-refractivity contribution in [2.75, 3.05) is 6.61 Å². The zero-order valence-corrected chi connectivity index (χ0v) is 7.90. The van der Waals surface area contributed by atoms with Crippen molar-refractivity contribution in [2.45, 2.75) is 6.42 Å². The Labute approximate surface area is 83.4 Å². The molecule has 0 aliphatic heterocycles. The monoisotopic (exact) mass is 190 g/mol. The van der Waals surface area contributed by atoms with Gasteiger partial charge in [-0.15, -0.1) is 0 Å². The van der Waals surface area contributed by atoms with E-state index in [4.69, 9.17) is 16.2 Å². The highest BCUT2D eigenvalue weighted by Gasteiger charge is 1.99. The van der Waals surface area contributed by atoms with E-state index >= 15 is 0 Å². The highest BCUT2D eigenvalue weighted by Crippen LogP contribution is 2.10. The lowest BCUT2D eigenvalue weighted by Gasteiger charge is -2.02. The molecule has 3 heteroatoms. The molecule has 14 heavy (non-hydrogen) atoms. The Kier molecular flexibility index (Phi) is 3.88. The SMILES string of the molecule is N=C(N)c1ccccc1C=CCCO. The van der Waals surface area contributed by atoms with Crippen LogP contribution in [0.1, 0.15) is 17.5 Å². The number of amidine groups is 1. The van der Waals surface area contributed by atoms with Crippen LogP contribution in [0.15, 0.2) is 30.3 Å². The summed E-state index contributed by atoms with van der Waals surface area (Å²) in [6, 6.07) is 7.44. The Bertz CT molecular complexity index is 345. The van der Waals surface area contributed by atoms with Gasteiger partial charge < -0.3 is 10.8 Å². The highest BCUT2D eigenvalue weighted by atomic mass is 16.2. The average Bonchev–Trinajstić information content (AvgIpc) is 2.19. The van der Waals surface area contributed by atoms with Gasteiger partial charge in [-0.3, -0.25) is 5.41 Å². The van der Waals surface area contributed by atoms with Gasteiger partial charge in [-0.2, -0.15) is 0 Å². The number of aliphatic hydroxyl groups is 1. The van der Waals surface area contributed by atoms with Crippen molar-refractivity contribution in [3.63, 3.8) is 0 Å². The molecule has 3 nitrogen and oxygen atoms in total. The number of hydrogen-bond acceptors (Lipinski definition) is 2. The molecule has 1 rings (SSSR count). The van der Waals surface area contributed by atoms with Crippen LogP contribution in [0, 0.1) is 5.41 Å². The van der Waals surface area contributed by atoms with Crippen LogP contribution in [-0.2, 0) is 0 Å². The molecule has 0 fully saturated rings. The van der Waals surface area contributed by atoms with Crippen LogP contribution in [0.4, 0.5) is 0 Å². The van der Waals surface area contributed by atoms with Crippen LogP contribution < -0.4 is 5.73 Å². The van der Waals surface area contributed by atoms with Gasteiger partial charge in [0.1, 0.15) is 5.84 Å². The first-order valence-electron chi connectivity index (χ1n) is 4.46. The number of nitrogens with two attached hydrogens (primary N) is 1. The van der Waals surface area contributed by atoms with Crippen LogP contribution in [0.25, 0.3) is 6.08 Å². The smallest absolute Gasteiger partial charge is 0.123 e. The fraction of sp³-hybridized carbons (Fsp3) is 0.182. The lowest BCUT2D eigenvalue weighted by Crippen LogP contribution is -2.12. The third-order valence-electron chi connectivity index (χ3n) is 1.84. The third-order valence-corrected chi connectivity index (χ3v) is 1.84. The van der Waals surface area contributed by atoms with E-state index in [0.717, 1.165) is 11.1 Å². The van der Waals surface area contributed by atoms with Gasteiger partial charge in [0, 0.05) is 12.2 Å². The number of benzene rings is 1. The highest BCUT2D eigenvalue weighted by molar-refractivity contribution is 5.98. The van der Waals surface area contributed by atoms with Gasteiger partial charge in [-0.05, 0) is 12.0 Å². The number of hydrogen-bond donors (Lipinski definition) is 3. The average molecular weight is 190 g/mol. The maximum atomic E-state index is 8.60. The minimum atomic E-state index is 0.0641. The second-order valence-corrected chi connectivity index (χ2v) is 2.92. The Balaban J connectivity index is 2.90. The summed E-state index contributed by atoms with van der Waals surface area (Å²) in [5, 5.41) is 16.0. The summed E-state index contributed by atoms with van der Waals surface area (Å²) < 4.78 is 0. The van der Waals surface area contributed by atoms with E-state index in [1.165, 1.54) is 0 Å². The summed E-state index contributed by atoms with van der Waals surface area (Å²) in [6.07, 6.45) is 4.35. The molecule has 0 amide bonds. The quantitative estimate of drug-likeness (QED) is 0.495. The molecule has 0 aliphatic rings. The molecule has 4 N–H and O–H groups in total. The zero-order chi connectivity index (χ0) is 10.4. The minimum Gasteiger partial charge on any atom is -0.396 e. The molecule has 0 aromatic heterocycles. The van der Waals surface area contributed by atoms with Crippen molar-refractivity contribution in [1.82, 2.24) is 0 Å². The van der Waals surface area contributed by atoms with Crippen molar-refractivity contribution >= 4 is 11.9 Å². The Morgan fingerprint density at radius 1 is 1.43 bits per heavy atom. The molecule has 0 saturated heterocycles. The van der Waals surface area contributed by atoms with Crippen molar-refractivity contribution < 1.29 is 5.11 Å². The molecular weight excluding hydrogens is 176 g/mol. The summed E-state index contributed by atoms with van der Waals surface area (Å²) in [4.78, 5) is 0. The molecule has 0 spiro atoms. The fourth-order valence-corrected chi connectivity index (χ4v) is 1.17. The molecule has 0 heterocycles. The lowest BCUT2D eigenvalue weighted by molar-refractivity contribution is 0.303. The Morgan fingerprint density at radius 2 is 2.14 bits per heavy atom. The van der Waals surface area contributed by atoms with E-state index in [1.54, 1.807) is 6.07 Å². The molecule has 1 aromatic rings.